The van der Waals surface area contributed by atoms with Crippen LogP contribution in [0.15, 0.2) is 12.4 Å². The zero-order valence-corrected chi connectivity index (χ0v) is 9.24. The van der Waals surface area contributed by atoms with Gasteiger partial charge in [0.05, 0.1) is 11.4 Å². The van der Waals surface area contributed by atoms with Gasteiger partial charge in [-0.15, -0.1) is 0 Å². The number of hydrogen-bond acceptors (Lipinski definition) is 4. The van der Waals surface area contributed by atoms with Crippen molar-refractivity contribution in [1.82, 2.24) is 15.3 Å². The first-order valence-corrected chi connectivity index (χ1v) is 5.42. The third-order valence-electron chi connectivity index (χ3n) is 2.15. The van der Waals surface area contributed by atoms with Crippen LogP contribution in [0.3, 0.4) is 0 Å². The summed E-state index contributed by atoms with van der Waals surface area (Å²) in [5, 5.41) is 11.9. The molecule has 4 nitrogen and oxygen atoms in total. The number of hydrogen-bond donors (Lipinski definition) is 2. The molecule has 0 saturated heterocycles. The number of nitrogens with one attached hydrogen (secondary N) is 1. The van der Waals surface area contributed by atoms with Crippen LogP contribution in [0.4, 0.5) is 0 Å². The molecule has 15 heavy (non-hydrogen) atoms. The molecular weight excluding hydrogens is 190 g/mol. The second kappa shape index (κ2) is 7.31. The Morgan fingerprint density at radius 1 is 1.20 bits per heavy atom. The molecule has 0 unspecified atom stereocenters. The lowest BCUT2D eigenvalue weighted by molar-refractivity contribution is 0.283. The minimum atomic E-state index is 0.295. The van der Waals surface area contributed by atoms with E-state index in [4.69, 9.17) is 5.11 Å². The molecule has 1 heterocycles. The lowest BCUT2D eigenvalue weighted by Gasteiger charge is -2.03. The van der Waals surface area contributed by atoms with E-state index in [-0.39, 0.29) is 0 Å². The van der Waals surface area contributed by atoms with Gasteiger partial charge in [-0.25, -0.2) is 0 Å². The van der Waals surface area contributed by atoms with Gasteiger partial charge in [0.2, 0.25) is 0 Å². The molecule has 0 spiro atoms. The zero-order chi connectivity index (χ0) is 10.9. The van der Waals surface area contributed by atoms with Crippen LogP contribution in [0, 0.1) is 6.92 Å². The predicted molar refractivity (Wildman–Crippen MR) is 59.4 cm³/mol. The van der Waals surface area contributed by atoms with E-state index in [0.717, 1.165) is 43.7 Å². The van der Waals surface area contributed by atoms with Crippen molar-refractivity contribution < 1.29 is 5.11 Å². The summed E-state index contributed by atoms with van der Waals surface area (Å²) < 4.78 is 0. The minimum absolute atomic E-state index is 0.295. The van der Waals surface area contributed by atoms with Gasteiger partial charge in [-0.05, 0) is 32.7 Å². The first kappa shape index (κ1) is 12.1. The van der Waals surface area contributed by atoms with Gasteiger partial charge in [-0.3, -0.25) is 9.97 Å². The molecule has 0 aliphatic heterocycles. The van der Waals surface area contributed by atoms with Crippen molar-refractivity contribution >= 4 is 0 Å². The van der Waals surface area contributed by atoms with Crippen LogP contribution in [0.2, 0.25) is 0 Å². The Bertz CT molecular complexity index is 261. The van der Waals surface area contributed by atoms with Crippen molar-refractivity contribution in [1.29, 1.82) is 0 Å². The molecule has 1 rings (SSSR count). The van der Waals surface area contributed by atoms with E-state index in [9.17, 15) is 0 Å². The number of unbranched alkanes of at least 4 members (excludes halogenated alkanes) is 2. The Kier molecular flexibility index (Phi) is 5.88. The second-order valence-corrected chi connectivity index (χ2v) is 3.61. The molecule has 1 aromatic heterocycles. The lowest BCUT2D eigenvalue weighted by Crippen LogP contribution is -2.15. The van der Waals surface area contributed by atoms with Gasteiger partial charge in [0.15, 0.2) is 0 Å². The lowest BCUT2D eigenvalue weighted by atomic mass is 10.2. The molecule has 0 aliphatic carbocycles. The molecule has 0 aromatic carbocycles. The standard InChI is InChI=1S/C11H19N3O/c1-10-7-14-11(9-13-10)8-12-5-3-2-4-6-15/h7,9,12,15H,2-6,8H2,1H3. The number of aromatic nitrogens is 2. The molecular formula is C11H19N3O. The maximum Gasteiger partial charge on any atom is 0.0724 e. The number of aliphatic hydroxyl groups is 1. The Morgan fingerprint density at radius 2 is 2.07 bits per heavy atom. The third kappa shape index (κ3) is 5.44. The average molecular weight is 209 g/mol. The molecule has 0 fully saturated rings. The molecule has 4 heteroatoms. The van der Waals surface area contributed by atoms with Gasteiger partial charge in [0.1, 0.15) is 0 Å². The smallest absolute Gasteiger partial charge is 0.0724 e. The van der Waals surface area contributed by atoms with Gasteiger partial charge < -0.3 is 10.4 Å². The number of aliphatic hydroxyl groups excluding tert-OH is 1. The van der Waals surface area contributed by atoms with Crippen LogP contribution in [0.1, 0.15) is 30.7 Å². The van der Waals surface area contributed by atoms with Crippen molar-refractivity contribution in [2.45, 2.75) is 32.7 Å². The van der Waals surface area contributed by atoms with E-state index >= 15 is 0 Å². The molecule has 0 aliphatic rings. The Hall–Kier alpha value is -1.00. The summed E-state index contributed by atoms with van der Waals surface area (Å²) >= 11 is 0. The van der Waals surface area contributed by atoms with E-state index in [1.807, 2.05) is 6.92 Å². The summed E-state index contributed by atoms with van der Waals surface area (Å²) in [4.78, 5) is 8.42. The van der Waals surface area contributed by atoms with Gasteiger partial charge in [-0.1, -0.05) is 0 Å². The summed E-state index contributed by atoms with van der Waals surface area (Å²) in [6.07, 6.45) is 6.65. The monoisotopic (exact) mass is 209 g/mol. The van der Waals surface area contributed by atoms with Gasteiger partial charge >= 0.3 is 0 Å². The molecule has 0 radical (unpaired) electrons. The molecule has 1 aromatic rings. The van der Waals surface area contributed by atoms with E-state index < -0.39 is 0 Å². The van der Waals surface area contributed by atoms with Crippen molar-refractivity contribution in [2.75, 3.05) is 13.2 Å². The van der Waals surface area contributed by atoms with Crippen LogP contribution >= 0.6 is 0 Å². The molecule has 2 N–H and O–H groups in total. The van der Waals surface area contributed by atoms with Gasteiger partial charge in [0, 0.05) is 25.5 Å². The van der Waals surface area contributed by atoms with Crippen LogP contribution in [-0.2, 0) is 6.54 Å². The number of rotatable bonds is 7. The largest absolute Gasteiger partial charge is 0.396 e. The highest BCUT2D eigenvalue weighted by Crippen LogP contribution is 1.95. The van der Waals surface area contributed by atoms with Crippen molar-refractivity contribution in [3.8, 4) is 0 Å². The van der Waals surface area contributed by atoms with Crippen molar-refractivity contribution in [3.63, 3.8) is 0 Å². The third-order valence-corrected chi connectivity index (χ3v) is 2.15. The van der Waals surface area contributed by atoms with E-state index in [1.165, 1.54) is 0 Å². The van der Waals surface area contributed by atoms with Crippen LogP contribution in [0.25, 0.3) is 0 Å². The topological polar surface area (TPSA) is 58.0 Å². The molecule has 0 amide bonds. The highest BCUT2D eigenvalue weighted by atomic mass is 16.2. The maximum atomic E-state index is 8.59. The highest BCUT2D eigenvalue weighted by Gasteiger charge is 1.94. The molecule has 0 atom stereocenters. The van der Waals surface area contributed by atoms with Crippen molar-refractivity contribution in [2.24, 2.45) is 0 Å². The van der Waals surface area contributed by atoms with Crippen LogP contribution in [0.5, 0.6) is 0 Å². The van der Waals surface area contributed by atoms with Crippen LogP contribution < -0.4 is 5.32 Å². The first-order chi connectivity index (χ1) is 7.33. The van der Waals surface area contributed by atoms with Crippen molar-refractivity contribution in [3.05, 3.63) is 23.8 Å². The minimum Gasteiger partial charge on any atom is -0.396 e. The Labute approximate surface area is 90.8 Å². The number of nitrogens with zero attached hydrogens (tertiary/aromatic N) is 2. The van der Waals surface area contributed by atoms with E-state index in [0.29, 0.717) is 6.61 Å². The summed E-state index contributed by atoms with van der Waals surface area (Å²) in [5.41, 5.74) is 1.92. The SMILES string of the molecule is Cc1cnc(CNCCCCCO)cn1. The zero-order valence-electron chi connectivity index (χ0n) is 9.24. The van der Waals surface area contributed by atoms with Crippen LogP contribution in [-0.4, -0.2) is 28.2 Å². The fraction of sp³-hybridized carbons (Fsp3) is 0.636. The van der Waals surface area contributed by atoms with E-state index in [1.54, 1.807) is 12.4 Å². The Morgan fingerprint density at radius 3 is 2.73 bits per heavy atom. The second-order valence-electron chi connectivity index (χ2n) is 3.61. The molecule has 0 saturated carbocycles. The van der Waals surface area contributed by atoms with E-state index in [2.05, 4.69) is 15.3 Å². The normalized spacial score (nSPS) is 10.5. The number of aryl methyl sites for hydroxylation is 1. The first-order valence-electron chi connectivity index (χ1n) is 5.42. The Balaban J connectivity index is 2.07. The fourth-order valence-corrected chi connectivity index (χ4v) is 1.27. The highest BCUT2D eigenvalue weighted by molar-refractivity contribution is 4.99. The summed E-state index contributed by atoms with van der Waals surface area (Å²) in [6, 6.07) is 0. The maximum absolute atomic E-state index is 8.59. The molecule has 84 valence electrons. The quantitative estimate of drug-likeness (QED) is 0.659. The average Bonchev–Trinajstić information content (AvgIpc) is 2.26. The molecule has 0 bridgehead atoms. The summed E-state index contributed by atoms with van der Waals surface area (Å²) in [7, 11) is 0. The predicted octanol–water partition coefficient (Wildman–Crippen LogP) is 1.04. The fourth-order valence-electron chi connectivity index (χ4n) is 1.27. The van der Waals surface area contributed by atoms with Gasteiger partial charge in [0.25, 0.3) is 0 Å². The van der Waals surface area contributed by atoms with Gasteiger partial charge in [-0.2, -0.15) is 0 Å². The summed E-state index contributed by atoms with van der Waals surface area (Å²) in [5.74, 6) is 0. The summed E-state index contributed by atoms with van der Waals surface area (Å²) in [6.45, 7) is 3.96.